The van der Waals surface area contributed by atoms with Gasteiger partial charge in [-0.15, -0.1) is 0 Å². The van der Waals surface area contributed by atoms with Crippen molar-refractivity contribution in [3.8, 4) is 0 Å². The molecule has 0 fully saturated rings. The molecule has 21 heavy (non-hydrogen) atoms. The molecule has 0 unspecified atom stereocenters. The summed E-state index contributed by atoms with van der Waals surface area (Å²) < 4.78 is 4.19. The van der Waals surface area contributed by atoms with Gasteiger partial charge in [-0.2, -0.15) is 5.10 Å². The van der Waals surface area contributed by atoms with Crippen LogP contribution < -0.4 is 4.90 Å². The second kappa shape index (κ2) is 4.96. The van der Waals surface area contributed by atoms with Crippen molar-refractivity contribution in [2.24, 2.45) is 7.05 Å². The fourth-order valence-corrected chi connectivity index (χ4v) is 2.82. The van der Waals surface area contributed by atoms with E-state index in [-0.39, 0.29) is 16.7 Å². The number of anilines is 1. The molecule has 0 bridgehead atoms. The van der Waals surface area contributed by atoms with Crippen molar-refractivity contribution in [1.29, 1.82) is 0 Å². The largest absolute Gasteiger partial charge is 0.349 e. The highest BCUT2D eigenvalue weighted by molar-refractivity contribution is 7.71. The summed E-state index contributed by atoms with van der Waals surface area (Å²) in [6.45, 7) is 2.64. The SMILES string of the molecule is C[C@@H]1Cc2cc([N+](=O)[O-])ccc2N1Cn1ncn(C)c1=S. The molecule has 0 spiro atoms. The van der Waals surface area contributed by atoms with Crippen LogP contribution in [0.5, 0.6) is 0 Å². The van der Waals surface area contributed by atoms with E-state index in [2.05, 4.69) is 16.9 Å². The molecule has 1 aromatic carbocycles. The number of nitro groups is 1. The molecule has 7 nitrogen and oxygen atoms in total. The number of rotatable bonds is 3. The molecule has 2 aromatic rings. The van der Waals surface area contributed by atoms with Crippen molar-refractivity contribution in [3.05, 3.63) is 45.0 Å². The number of fused-ring (bicyclic) bond motifs is 1. The zero-order valence-corrected chi connectivity index (χ0v) is 12.6. The van der Waals surface area contributed by atoms with E-state index in [1.165, 1.54) is 0 Å². The van der Waals surface area contributed by atoms with Crippen molar-refractivity contribution in [3.63, 3.8) is 0 Å². The molecule has 1 atom stereocenters. The average molecular weight is 305 g/mol. The van der Waals surface area contributed by atoms with Crippen LogP contribution in [0.4, 0.5) is 11.4 Å². The van der Waals surface area contributed by atoms with Gasteiger partial charge in [-0.3, -0.25) is 10.1 Å². The minimum Gasteiger partial charge on any atom is -0.349 e. The third-order valence-corrected chi connectivity index (χ3v) is 4.30. The molecular formula is C13H15N5O2S. The molecule has 0 N–H and O–H groups in total. The van der Waals surface area contributed by atoms with Crippen LogP contribution in [0.25, 0.3) is 0 Å². The molecule has 2 heterocycles. The minimum absolute atomic E-state index is 0.136. The second-order valence-electron chi connectivity index (χ2n) is 5.26. The maximum absolute atomic E-state index is 10.9. The summed E-state index contributed by atoms with van der Waals surface area (Å²) in [4.78, 5) is 12.7. The Hall–Kier alpha value is -2.22. The van der Waals surface area contributed by atoms with Gasteiger partial charge >= 0.3 is 0 Å². The lowest BCUT2D eigenvalue weighted by atomic mass is 10.1. The molecule has 0 aliphatic carbocycles. The Kier molecular flexibility index (Phi) is 3.25. The summed E-state index contributed by atoms with van der Waals surface area (Å²) in [5.41, 5.74) is 2.15. The minimum atomic E-state index is -0.359. The van der Waals surface area contributed by atoms with Gasteiger partial charge in [0.2, 0.25) is 0 Å². The van der Waals surface area contributed by atoms with E-state index in [1.54, 1.807) is 27.7 Å². The monoisotopic (exact) mass is 305 g/mol. The topological polar surface area (TPSA) is 69.1 Å². The van der Waals surface area contributed by atoms with Gasteiger partial charge in [0.25, 0.3) is 5.69 Å². The first kappa shape index (κ1) is 13.7. The summed E-state index contributed by atoms with van der Waals surface area (Å²) in [7, 11) is 1.86. The van der Waals surface area contributed by atoms with E-state index in [0.29, 0.717) is 11.4 Å². The molecule has 1 aliphatic heterocycles. The third-order valence-electron chi connectivity index (χ3n) is 3.80. The first-order valence-electron chi connectivity index (χ1n) is 6.60. The van der Waals surface area contributed by atoms with Crippen molar-refractivity contribution in [2.45, 2.75) is 26.1 Å². The zero-order valence-electron chi connectivity index (χ0n) is 11.8. The Morgan fingerprint density at radius 1 is 1.52 bits per heavy atom. The van der Waals surface area contributed by atoms with Gasteiger partial charge in [0, 0.05) is 30.9 Å². The fraction of sp³-hybridized carbons (Fsp3) is 0.385. The van der Waals surface area contributed by atoms with Crippen molar-refractivity contribution in [2.75, 3.05) is 4.90 Å². The fourth-order valence-electron chi connectivity index (χ4n) is 2.67. The van der Waals surface area contributed by atoms with Crippen LogP contribution in [0.1, 0.15) is 12.5 Å². The van der Waals surface area contributed by atoms with Crippen molar-refractivity contribution >= 4 is 23.6 Å². The highest BCUT2D eigenvalue weighted by Crippen LogP contribution is 2.34. The summed E-state index contributed by atoms with van der Waals surface area (Å²) >= 11 is 5.30. The van der Waals surface area contributed by atoms with Crippen LogP contribution in [-0.4, -0.2) is 25.3 Å². The lowest BCUT2D eigenvalue weighted by Gasteiger charge is -2.24. The molecular weight excluding hydrogens is 290 g/mol. The number of nitro benzene ring substituents is 1. The number of non-ortho nitro benzene ring substituents is 1. The van der Waals surface area contributed by atoms with Gasteiger partial charge in [0.05, 0.1) is 4.92 Å². The van der Waals surface area contributed by atoms with Crippen LogP contribution in [0.2, 0.25) is 0 Å². The van der Waals surface area contributed by atoms with Crippen LogP contribution in [-0.2, 0) is 20.1 Å². The zero-order chi connectivity index (χ0) is 15.1. The Morgan fingerprint density at radius 3 is 2.90 bits per heavy atom. The number of aromatic nitrogens is 3. The van der Waals surface area contributed by atoms with Gasteiger partial charge < -0.3 is 9.47 Å². The quantitative estimate of drug-likeness (QED) is 0.494. The van der Waals surface area contributed by atoms with E-state index in [9.17, 15) is 10.1 Å². The molecule has 1 aromatic heterocycles. The number of benzene rings is 1. The maximum atomic E-state index is 10.9. The maximum Gasteiger partial charge on any atom is 0.269 e. The van der Waals surface area contributed by atoms with E-state index in [0.717, 1.165) is 17.7 Å². The van der Waals surface area contributed by atoms with Gasteiger partial charge in [0.1, 0.15) is 13.0 Å². The lowest BCUT2D eigenvalue weighted by molar-refractivity contribution is -0.384. The van der Waals surface area contributed by atoms with Crippen LogP contribution in [0, 0.1) is 14.9 Å². The van der Waals surface area contributed by atoms with E-state index in [4.69, 9.17) is 12.2 Å². The normalized spacial score (nSPS) is 17.0. The predicted molar refractivity (Wildman–Crippen MR) is 80.8 cm³/mol. The third kappa shape index (κ3) is 2.31. The number of hydrogen-bond acceptors (Lipinski definition) is 5. The molecule has 0 radical (unpaired) electrons. The van der Waals surface area contributed by atoms with E-state index in [1.807, 2.05) is 13.1 Å². The predicted octanol–water partition coefficient (Wildman–Crippen LogP) is 2.27. The molecule has 1 aliphatic rings. The standard InChI is InChI=1S/C13H15N5O2S/c1-9-5-10-6-11(18(19)20)3-4-12(10)16(9)8-17-13(21)15(2)7-14-17/h3-4,6-7,9H,5,8H2,1-2H3/t9-/m1/s1. The summed E-state index contributed by atoms with van der Waals surface area (Å²) in [6, 6.07) is 5.26. The Morgan fingerprint density at radius 2 is 2.29 bits per heavy atom. The van der Waals surface area contributed by atoms with Gasteiger partial charge in [-0.1, -0.05) is 0 Å². The number of hydrogen-bond donors (Lipinski definition) is 0. The average Bonchev–Trinajstić information content (AvgIpc) is 2.92. The molecule has 0 saturated carbocycles. The summed E-state index contributed by atoms with van der Waals surface area (Å²) in [5.74, 6) is 0. The first-order chi connectivity index (χ1) is 9.97. The molecule has 3 rings (SSSR count). The van der Waals surface area contributed by atoms with Crippen molar-refractivity contribution in [1.82, 2.24) is 14.3 Å². The van der Waals surface area contributed by atoms with E-state index >= 15 is 0 Å². The van der Waals surface area contributed by atoms with Crippen LogP contribution in [0.15, 0.2) is 24.5 Å². The smallest absolute Gasteiger partial charge is 0.269 e. The molecule has 110 valence electrons. The highest BCUT2D eigenvalue weighted by atomic mass is 32.1. The highest BCUT2D eigenvalue weighted by Gasteiger charge is 2.28. The Bertz CT molecular complexity index is 766. The first-order valence-corrected chi connectivity index (χ1v) is 7.00. The van der Waals surface area contributed by atoms with Crippen LogP contribution >= 0.6 is 12.2 Å². The Balaban J connectivity index is 1.94. The van der Waals surface area contributed by atoms with Gasteiger partial charge in [0.15, 0.2) is 4.77 Å². The second-order valence-corrected chi connectivity index (χ2v) is 5.62. The van der Waals surface area contributed by atoms with Crippen molar-refractivity contribution < 1.29 is 4.92 Å². The Labute approximate surface area is 126 Å². The summed E-state index contributed by atoms with van der Waals surface area (Å²) in [6.07, 6.45) is 2.47. The van der Waals surface area contributed by atoms with Gasteiger partial charge in [-0.05, 0) is 37.2 Å². The van der Waals surface area contributed by atoms with Gasteiger partial charge in [-0.25, -0.2) is 4.68 Å². The summed E-state index contributed by atoms with van der Waals surface area (Å²) in [5, 5.41) is 15.1. The van der Waals surface area contributed by atoms with Crippen LogP contribution in [0.3, 0.4) is 0 Å². The molecule has 0 saturated heterocycles. The molecule has 0 amide bonds. The number of nitrogens with zero attached hydrogens (tertiary/aromatic N) is 5. The lowest BCUT2D eigenvalue weighted by Crippen LogP contribution is -2.32. The van der Waals surface area contributed by atoms with E-state index < -0.39 is 0 Å². The number of aryl methyl sites for hydroxylation is 1. The molecule has 8 heteroatoms.